The minimum absolute atomic E-state index is 0. The summed E-state index contributed by atoms with van der Waals surface area (Å²) in [5, 5.41) is 2.43. The average Bonchev–Trinajstić information content (AvgIpc) is 2.42. The topological polar surface area (TPSA) is 55.1 Å². The number of amides is 1. The number of nitrogens with two attached hydrogens (primary N) is 1. The highest BCUT2D eigenvalue weighted by molar-refractivity contribution is 5.85. The molecule has 3 N–H and O–H groups in total. The average molecular weight is 305 g/mol. The van der Waals surface area contributed by atoms with Crippen molar-refractivity contribution in [3.8, 4) is 0 Å². The van der Waals surface area contributed by atoms with Crippen LogP contribution in [0.15, 0.2) is 30.3 Å². The van der Waals surface area contributed by atoms with Crippen LogP contribution in [0, 0.1) is 0 Å². The van der Waals surface area contributed by atoms with Gasteiger partial charge in [-0.1, -0.05) is 30.3 Å². The molecule has 0 saturated heterocycles. The second-order valence-electron chi connectivity index (χ2n) is 5.03. The Morgan fingerprint density at radius 2 is 1.70 bits per heavy atom. The van der Waals surface area contributed by atoms with Crippen molar-refractivity contribution >= 4 is 18.3 Å². The summed E-state index contributed by atoms with van der Waals surface area (Å²) < 4.78 is 27.9. The van der Waals surface area contributed by atoms with Gasteiger partial charge in [-0.25, -0.2) is 0 Å². The van der Waals surface area contributed by atoms with Crippen LogP contribution in [0.4, 0.5) is 8.78 Å². The van der Waals surface area contributed by atoms with Gasteiger partial charge in [-0.05, 0) is 25.7 Å². The third-order valence-corrected chi connectivity index (χ3v) is 3.53. The Morgan fingerprint density at radius 1 is 1.15 bits per heavy atom. The fourth-order valence-corrected chi connectivity index (χ4v) is 2.32. The van der Waals surface area contributed by atoms with Crippen molar-refractivity contribution in [3.05, 3.63) is 35.9 Å². The van der Waals surface area contributed by atoms with Gasteiger partial charge in [0.05, 0.1) is 0 Å². The number of nitrogens with one attached hydrogen (secondary N) is 1. The van der Waals surface area contributed by atoms with Crippen molar-refractivity contribution in [1.82, 2.24) is 5.32 Å². The van der Waals surface area contributed by atoms with E-state index in [0.29, 0.717) is 12.8 Å². The predicted molar refractivity (Wildman–Crippen MR) is 76.0 cm³/mol. The molecule has 6 heteroatoms. The molecule has 112 valence electrons. The molecule has 1 saturated carbocycles. The van der Waals surface area contributed by atoms with Crippen LogP contribution in [0.3, 0.4) is 0 Å². The minimum atomic E-state index is -3.49. The van der Waals surface area contributed by atoms with Crippen molar-refractivity contribution in [2.24, 2.45) is 5.73 Å². The Hall–Kier alpha value is -1.20. The van der Waals surface area contributed by atoms with Crippen molar-refractivity contribution < 1.29 is 13.6 Å². The van der Waals surface area contributed by atoms with E-state index in [1.165, 1.54) is 24.3 Å². The number of hydrogen-bond donors (Lipinski definition) is 2. The van der Waals surface area contributed by atoms with Gasteiger partial charge in [0.25, 0.3) is 5.91 Å². The van der Waals surface area contributed by atoms with Gasteiger partial charge in [0.15, 0.2) is 0 Å². The van der Waals surface area contributed by atoms with E-state index in [2.05, 4.69) is 5.32 Å². The molecule has 0 aliphatic heterocycles. The molecule has 1 amide bonds. The molecule has 0 heterocycles. The number of carbonyl (C=O) groups excluding carboxylic acids is 1. The van der Waals surface area contributed by atoms with Gasteiger partial charge >= 0.3 is 5.92 Å². The highest BCUT2D eigenvalue weighted by atomic mass is 35.5. The number of rotatable bonds is 3. The van der Waals surface area contributed by atoms with Crippen molar-refractivity contribution in [3.63, 3.8) is 0 Å². The maximum absolute atomic E-state index is 13.9. The van der Waals surface area contributed by atoms with Gasteiger partial charge in [0, 0.05) is 17.6 Å². The summed E-state index contributed by atoms with van der Waals surface area (Å²) in [6.45, 7) is 0. The van der Waals surface area contributed by atoms with E-state index < -0.39 is 11.8 Å². The van der Waals surface area contributed by atoms with Gasteiger partial charge in [0.1, 0.15) is 0 Å². The molecule has 20 heavy (non-hydrogen) atoms. The van der Waals surface area contributed by atoms with E-state index in [1.807, 2.05) is 0 Å². The maximum Gasteiger partial charge on any atom is 0.349 e. The zero-order chi connectivity index (χ0) is 13.9. The smallest absolute Gasteiger partial charge is 0.348 e. The quantitative estimate of drug-likeness (QED) is 0.902. The second-order valence-corrected chi connectivity index (χ2v) is 5.03. The molecule has 1 aromatic rings. The number of benzene rings is 1. The Morgan fingerprint density at radius 3 is 2.25 bits per heavy atom. The summed E-state index contributed by atoms with van der Waals surface area (Å²) in [6, 6.07) is 7.09. The zero-order valence-corrected chi connectivity index (χ0v) is 11.8. The lowest BCUT2D eigenvalue weighted by molar-refractivity contribution is -0.148. The zero-order valence-electron chi connectivity index (χ0n) is 11.0. The van der Waals surface area contributed by atoms with Crippen LogP contribution in [-0.4, -0.2) is 18.0 Å². The summed E-state index contributed by atoms with van der Waals surface area (Å²) in [7, 11) is 0. The summed E-state index contributed by atoms with van der Waals surface area (Å²) in [4.78, 5) is 11.7. The van der Waals surface area contributed by atoms with Crippen molar-refractivity contribution in [1.29, 1.82) is 0 Å². The summed E-state index contributed by atoms with van der Waals surface area (Å²) in [5.74, 6) is -4.71. The number of alkyl halides is 2. The van der Waals surface area contributed by atoms with E-state index in [4.69, 9.17) is 5.73 Å². The standard InChI is InChI=1S/C14H18F2N2O.ClH/c15-14(16,10-4-2-1-3-5-10)13(19)18-12-8-6-11(17)7-9-12;/h1-5,11-12H,6-9,17H2,(H,18,19);1H. The monoisotopic (exact) mass is 304 g/mol. The van der Waals surface area contributed by atoms with Crippen molar-refractivity contribution in [2.75, 3.05) is 0 Å². The molecule has 0 atom stereocenters. The Kier molecular flexibility index (Phi) is 5.89. The first kappa shape index (κ1) is 16.9. The molecular formula is C14H19ClF2N2O. The molecule has 0 unspecified atom stereocenters. The third kappa shape index (κ3) is 3.90. The van der Waals surface area contributed by atoms with Gasteiger partial charge < -0.3 is 11.1 Å². The fourth-order valence-electron chi connectivity index (χ4n) is 2.32. The van der Waals surface area contributed by atoms with Crippen LogP contribution in [-0.2, 0) is 10.7 Å². The van der Waals surface area contributed by atoms with Crippen LogP contribution < -0.4 is 11.1 Å². The molecule has 0 aromatic heterocycles. The first-order valence-electron chi connectivity index (χ1n) is 6.50. The lowest BCUT2D eigenvalue weighted by Gasteiger charge is -2.28. The fraction of sp³-hybridized carbons (Fsp3) is 0.500. The van der Waals surface area contributed by atoms with Crippen LogP contribution in [0.1, 0.15) is 31.2 Å². The van der Waals surface area contributed by atoms with E-state index >= 15 is 0 Å². The van der Waals surface area contributed by atoms with E-state index in [0.717, 1.165) is 12.8 Å². The van der Waals surface area contributed by atoms with Gasteiger partial charge in [-0.3, -0.25) is 4.79 Å². The highest BCUT2D eigenvalue weighted by Crippen LogP contribution is 2.28. The third-order valence-electron chi connectivity index (χ3n) is 3.53. The Balaban J connectivity index is 0.00000200. The normalized spacial score (nSPS) is 22.8. The molecule has 2 rings (SSSR count). The van der Waals surface area contributed by atoms with Gasteiger partial charge in [0.2, 0.25) is 0 Å². The molecule has 1 aromatic carbocycles. The van der Waals surface area contributed by atoms with Crippen molar-refractivity contribution in [2.45, 2.75) is 43.7 Å². The van der Waals surface area contributed by atoms with Crippen LogP contribution in [0.5, 0.6) is 0 Å². The Labute approximate surface area is 123 Å². The molecule has 0 bridgehead atoms. The predicted octanol–water partition coefficient (Wildman–Crippen LogP) is 2.59. The number of halogens is 3. The number of carbonyl (C=O) groups is 1. The van der Waals surface area contributed by atoms with Crippen LogP contribution in [0.25, 0.3) is 0 Å². The summed E-state index contributed by atoms with van der Waals surface area (Å²) in [6.07, 6.45) is 2.86. The summed E-state index contributed by atoms with van der Waals surface area (Å²) in [5.41, 5.74) is 5.47. The molecule has 1 fully saturated rings. The van der Waals surface area contributed by atoms with E-state index in [-0.39, 0.29) is 30.1 Å². The Bertz CT molecular complexity index is 434. The lowest BCUT2D eigenvalue weighted by Crippen LogP contribution is -2.46. The molecule has 0 spiro atoms. The highest BCUT2D eigenvalue weighted by Gasteiger charge is 2.41. The summed E-state index contributed by atoms with van der Waals surface area (Å²) >= 11 is 0. The van der Waals surface area contributed by atoms with Gasteiger partial charge in [-0.2, -0.15) is 8.78 Å². The van der Waals surface area contributed by atoms with E-state index in [1.54, 1.807) is 6.07 Å². The first-order chi connectivity index (χ1) is 9.00. The lowest BCUT2D eigenvalue weighted by atomic mass is 9.91. The van der Waals surface area contributed by atoms with E-state index in [9.17, 15) is 13.6 Å². The van der Waals surface area contributed by atoms with Crippen LogP contribution >= 0.6 is 12.4 Å². The SMILES string of the molecule is Cl.NC1CCC(NC(=O)C(F)(F)c2ccccc2)CC1. The largest absolute Gasteiger partial charge is 0.349 e. The molecule has 1 aliphatic carbocycles. The first-order valence-corrected chi connectivity index (χ1v) is 6.50. The maximum atomic E-state index is 13.9. The molecular weight excluding hydrogens is 286 g/mol. The molecule has 3 nitrogen and oxygen atoms in total. The molecule has 0 radical (unpaired) electrons. The van der Waals surface area contributed by atoms with Crippen LogP contribution in [0.2, 0.25) is 0 Å². The minimum Gasteiger partial charge on any atom is -0.348 e. The number of hydrogen-bond acceptors (Lipinski definition) is 2. The molecule has 1 aliphatic rings. The second kappa shape index (κ2) is 6.99. The van der Waals surface area contributed by atoms with Gasteiger partial charge in [-0.15, -0.1) is 12.4 Å².